The van der Waals surface area contributed by atoms with E-state index in [1.807, 2.05) is 26.0 Å². The summed E-state index contributed by atoms with van der Waals surface area (Å²) in [5, 5.41) is 41.8. The van der Waals surface area contributed by atoms with Crippen molar-refractivity contribution in [2.75, 3.05) is 6.61 Å². The number of carbonyl (C=O) groups is 2. The zero-order valence-electron chi connectivity index (χ0n) is 35.8. The van der Waals surface area contributed by atoms with Crippen LogP contribution in [0.4, 0.5) is 0 Å². The van der Waals surface area contributed by atoms with Crippen LogP contribution in [-0.4, -0.2) is 55.9 Å². The quantitative estimate of drug-likeness (QED) is 0.165. The summed E-state index contributed by atoms with van der Waals surface area (Å²) < 4.78 is 6.48. The molecule has 1 aliphatic heterocycles. The van der Waals surface area contributed by atoms with Crippen LogP contribution in [-0.2, 0) is 16.0 Å². The zero-order valence-corrected chi connectivity index (χ0v) is 35.8. The predicted molar refractivity (Wildman–Crippen MR) is 225 cm³/mol. The highest BCUT2D eigenvalue weighted by molar-refractivity contribution is 6.01. The van der Waals surface area contributed by atoms with E-state index in [4.69, 9.17) is 4.74 Å². The van der Waals surface area contributed by atoms with Crippen molar-refractivity contribution in [3.8, 4) is 11.5 Å². The molecule has 1 aromatic carbocycles. The molecule has 56 heavy (non-hydrogen) atoms. The van der Waals surface area contributed by atoms with Gasteiger partial charge in [-0.1, -0.05) is 60.4 Å². The number of phenols is 1. The molecule has 5 aliphatic rings. The van der Waals surface area contributed by atoms with Gasteiger partial charge in [0, 0.05) is 16.7 Å². The van der Waals surface area contributed by atoms with E-state index in [0.717, 1.165) is 92.2 Å². The van der Waals surface area contributed by atoms with Gasteiger partial charge in [-0.2, -0.15) is 0 Å². The van der Waals surface area contributed by atoms with E-state index in [1.165, 1.54) is 23.1 Å². The van der Waals surface area contributed by atoms with Crippen molar-refractivity contribution in [3.05, 3.63) is 81.5 Å². The second kappa shape index (κ2) is 17.3. The van der Waals surface area contributed by atoms with Gasteiger partial charge in [-0.3, -0.25) is 9.59 Å². The highest BCUT2D eigenvalue weighted by atomic mass is 16.5. The van der Waals surface area contributed by atoms with Gasteiger partial charge < -0.3 is 25.2 Å². The zero-order chi connectivity index (χ0) is 41.2. The molecule has 0 spiro atoms. The molecule has 7 nitrogen and oxygen atoms in total. The molecule has 4 aliphatic carbocycles. The number of aromatic hydroxyl groups is 1. The van der Waals surface area contributed by atoms with E-state index in [-0.39, 0.29) is 34.6 Å². The Morgan fingerprint density at radius 3 is 2.25 bits per heavy atom. The average molecular weight is 771 g/mol. The lowest BCUT2D eigenvalue weighted by molar-refractivity contribution is -0.178. The first-order chi connectivity index (χ1) is 26.3. The van der Waals surface area contributed by atoms with E-state index >= 15 is 0 Å². The highest BCUT2D eigenvalue weighted by Gasteiger charge is 2.68. The largest absolute Gasteiger partial charge is 0.508 e. The molecular formula is C49H70O7. The Balaban J connectivity index is 0.000000216. The number of aryl methyl sites for hydroxylation is 1. The van der Waals surface area contributed by atoms with Gasteiger partial charge in [0.05, 0.1) is 6.10 Å². The number of Topliss-reactive ketones (excluding diaryl/α,β-unsaturated/α-hetero) is 1. The SMILES string of the molecule is CC(C)=CCC/C(C)=C/CC/C(C)=C/CC[C@]1(C)CCc2cc(O)c(C)c(C)c2O1.C[C@]12C=CC(=O)C=C1CC[C@@H]1[C@@H]2[C@@H](O)C[C@@]2(C)[C@H]1CC[C@]2(O)C(=O)CO. The third-order valence-corrected chi connectivity index (χ3v) is 14.7. The minimum atomic E-state index is -1.56. The molecule has 3 fully saturated rings. The minimum Gasteiger partial charge on any atom is -0.508 e. The van der Waals surface area contributed by atoms with Crippen LogP contribution in [0.15, 0.2) is 64.8 Å². The summed E-state index contributed by atoms with van der Waals surface area (Å²) >= 11 is 0. The van der Waals surface area contributed by atoms with Crippen LogP contribution < -0.4 is 4.74 Å². The predicted octanol–water partition coefficient (Wildman–Crippen LogP) is 9.85. The van der Waals surface area contributed by atoms with Crippen LogP contribution in [0.3, 0.4) is 0 Å². The van der Waals surface area contributed by atoms with Crippen molar-refractivity contribution in [3.63, 3.8) is 0 Å². The Morgan fingerprint density at radius 2 is 1.59 bits per heavy atom. The monoisotopic (exact) mass is 771 g/mol. The average Bonchev–Trinajstić information content (AvgIpc) is 3.41. The summed E-state index contributed by atoms with van der Waals surface area (Å²) in [4.78, 5) is 24.2. The van der Waals surface area contributed by atoms with Gasteiger partial charge in [0.25, 0.3) is 0 Å². The number of hydrogen-bond acceptors (Lipinski definition) is 7. The molecule has 0 radical (unpaired) electrons. The molecule has 7 heteroatoms. The first kappa shape index (κ1) is 43.9. The van der Waals surface area contributed by atoms with Gasteiger partial charge >= 0.3 is 0 Å². The van der Waals surface area contributed by atoms with Crippen molar-refractivity contribution in [1.82, 2.24) is 0 Å². The Labute approximate surface area is 336 Å². The molecule has 4 N–H and O–H groups in total. The van der Waals surface area contributed by atoms with Gasteiger partial charge in [-0.25, -0.2) is 0 Å². The number of ether oxygens (including phenoxy) is 1. The molecule has 3 saturated carbocycles. The Kier molecular flexibility index (Phi) is 13.6. The standard InChI is InChI=1S/C28H42O2.C21H28O5/c1-20(2)11-8-12-21(3)13-9-14-22(4)15-10-17-28(7)18-16-25-19-26(29)23(5)24(6)27(25)30-28;1-19-7-5-13(23)9-12(19)3-4-14-15-6-8-21(26,17(25)11-22)20(15,2)10-16(24)18(14)19/h11,13,15,19,29H,8-10,12,14,16-18H2,1-7H3;5,7,9,14-16,18,22,24,26H,3-4,6,8,10-11H2,1-2H3/b21-13+,22-15+;/t28-;14-,15-,16-,18+,19-,20-,21-/m10/s1. The van der Waals surface area contributed by atoms with Crippen molar-refractivity contribution in [2.24, 2.45) is 28.6 Å². The first-order valence-corrected chi connectivity index (χ1v) is 21.2. The number of carbonyl (C=O) groups excluding carboxylic acids is 2. The first-order valence-electron chi connectivity index (χ1n) is 21.2. The molecule has 0 amide bonds. The van der Waals surface area contributed by atoms with E-state index < -0.39 is 29.5 Å². The molecule has 308 valence electrons. The lowest BCUT2D eigenvalue weighted by Gasteiger charge is -2.59. The number of ketones is 2. The fourth-order valence-corrected chi connectivity index (χ4v) is 11.0. The maximum Gasteiger partial charge on any atom is 0.190 e. The Bertz CT molecular complexity index is 1810. The molecular weight excluding hydrogens is 701 g/mol. The van der Waals surface area contributed by atoms with E-state index in [1.54, 1.807) is 12.2 Å². The number of fused-ring (bicyclic) bond motifs is 6. The van der Waals surface area contributed by atoms with Crippen molar-refractivity contribution >= 4 is 11.6 Å². The Hall–Kier alpha value is -3.26. The summed E-state index contributed by atoms with van der Waals surface area (Å²) in [6.07, 6.45) is 23.4. The number of rotatable bonds is 11. The maximum absolute atomic E-state index is 12.4. The molecule has 6 rings (SSSR count). The number of aliphatic hydroxyl groups excluding tert-OH is 2. The maximum atomic E-state index is 12.4. The lowest BCUT2D eigenvalue weighted by atomic mass is 9.46. The van der Waals surface area contributed by atoms with E-state index in [0.29, 0.717) is 18.6 Å². The molecule has 0 saturated heterocycles. The summed E-state index contributed by atoms with van der Waals surface area (Å²) in [6, 6.07) is 1.89. The van der Waals surface area contributed by atoms with Crippen molar-refractivity contribution < 1.29 is 34.8 Å². The fraction of sp³-hybridized carbons (Fsp3) is 0.633. The van der Waals surface area contributed by atoms with Gasteiger partial charge in [0.15, 0.2) is 11.6 Å². The third kappa shape index (κ3) is 8.76. The minimum absolute atomic E-state index is 0.00912. The van der Waals surface area contributed by atoms with E-state index in [9.17, 15) is 30.0 Å². The number of aliphatic hydroxyl groups is 3. The second-order valence-electron chi connectivity index (χ2n) is 18.9. The van der Waals surface area contributed by atoms with Gasteiger partial charge in [-0.05, 0) is 179 Å². The molecule has 0 bridgehead atoms. The number of allylic oxidation sites excluding steroid dienone is 10. The number of benzene rings is 1. The molecule has 0 aromatic heterocycles. The van der Waals surface area contributed by atoms with Gasteiger partial charge in [-0.15, -0.1) is 0 Å². The topological polar surface area (TPSA) is 124 Å². The van der Waals surface area contributed by atoms with Crippen molar-refractivity contribution in [1.29, 1.82) is 0 Å². The van der Waals surface area contributed by atoms with Crippen molar-refractivity contribution in [2.45, 2.75) is 163 Å². The summed E-state index contributed by atoms with van der Waals surface area (Å²) in [6.45, 7) is 18.4. The molecule has 0 unspecified atom stereocenters. The van der Waals surface area contributed by atoms with Crippen LogP contribution in [0.5, 0.6) is 11.5 Å². The third-order valence-electron chi connectivity index (χ3n) is 14.7. The second-order valence-corrected chi connectivity index (χ2v) is 18.9. The summed E-state index contributed by atoms with van der Waals surface area (Å²) in [7, 11) is 0. The van der Waals surface area contributed by atoms with E-state index in [2.05, 4.69) is 66.7 Å². The van der Waals surface area contributed by atoms with Crippen LogP contribution in [0, 0.1) is 42.4 Å². The van der Waals surface area contributed by atoms with Crippen LogP contribution in [0.25, 0.3) is 0 Å². The van der Waals surface area contributed by atoms with Gasteiger partial charge in [0.1, 0.15) is 29.3 Å². The molecule has 8 atom stereocenters. The fourth-order valence-electron chi connectivity index (χ4n) is 11.0. The highest BCUT2D eigenvalue weighted by Crippen LogP contribution is 2.67. The summed E-state index contributed by atoms with van der Waals surface area (Å²) in [5.74, 6) is 1.15. The number of phenolic OH excluding ortho intramolecular Hbond substituents is 1. The smallest absolute Gasteiger partial charge is 0.190 e. The summed E-state index contributed by atoms with van der Waals surface area (Å²) in [5.41, 5.74) is 5.86. The number of hydrogen-bond donors (Lipinski definition) is 4. The Morgan fingerprint density at radius 1 is 0.929 bits per heavy atom. The van der Waals surface area contributed by atoms with Crippen LogP contribution in [0.2, 0.25) is 0 Å². The normalized spacial score (nSPS) is 33.5. The van der Waals surface area contributed by atoms with Crippen LogP contribution >= 0.6 is 0 Å². The van der Waals surface area contributed by atoms with Gasteiger partial charge in [0.2, 0.25) is 0 Å². The molecule has 1 aromatic rings. The molecule has 1 heterocycles. The van der Waals surface area contributed by atoms with Crippen LogP contribution in [0.1, 0.15) is 142 Å². The lowest BCUT2D eigenvalue weighted by Crippen LogP contribution is -2.61.